The lowest BCUT2D eigenvalue weighted by Crippen LogP contribution is -2.65. The van der Waals surface area contributed by atoms with E-state index in [-0.39, 0.29) is 6.04 Å². The van der Waals surface area contributed by atoms with E-state index in [0.29, 0.717) is 0 Å². The summed E-state index contributed by atoms with van der Waals surface area (Å²) in [6.45, 7) is 0. The average Bonchev–Trinajstić information content (AvgIpc) is 3.09. The van der Waals surface area contributed by atoms with Crippen LogP contribution in [0, 0.1) is 0 Å². The Labute approximate surface area is 156 Å². The zero-order valence-corrected chi connectivity index (χ0v) is 15.1. The fraction of sp³-hybridized carbons (Fsp3) is 0.263. The molecule has 1 N–H and O–H groups in total. The number of benzene rings is 2. The molecule has 0 bridgehead atoms. The van der Waals surface area contributed by atoms with Crippen LogP contribution < -0.4 is 10.1 Å². The lowest BCUT2D eigenvalue weighted by molar-refractivity contribution is -0.132. The van der Waals surface area contributed by atoms with E-state index in [1.165, 1.54) is 5.56 Å². The van der Waals surface area contributed by atoms with Crippen LogP contribution in [0.4, 0.5) is 0 Å². The molecule has 3 aliphatic heterocycles. The van der Waals surface area contributed by atoms with E-state index in [2.05, 4.69) is 46.7 Å². The molecule has 2 aromatic carbocycles. The lowest BCUT2D eigenvalue weighted by atomic mass is 9.95. The number of hydrogen-bond donors (Lipinski definition) is 1. The fourth-order valence-corrected chi connectivity index (χ4v) is 4.96. The number of hydrogen-bond acceptors (Lipinski definition) is 5. The van der Waals surface area contributed by atoms with Crippen molar-refractivity contribution in [1.29, 1.82) is 0 Å². The van der Waals surface area contributed by atoms with Crippen molar-refractivity contribution in [3.63, 3.8) is 0 Å². The molecular weight excluding hydrogens is 350 g/mol. The first-order valence-electron chi connectivity index (χ1n) is 8.40. The summed E-state index contributed by atoms with van der Waals surface area (Å²) in [5.74, 6) is 1.17. The minimum absolute atomic E-state index is 0.165. The second-order valence-corrected chi connectivity index (χ2v) is 8.18. The van der Waals surface area contributed by atoms with Gasteiger partial charge in [-0.2, -0.15) is 5.10 Å². The molecule has 0 radical (unpaired) electrons. The summed E-state index contributed by atoms with van der Waals surface area (Å²) in [6.07, 6.45) is 1.70. The summed E-state index contributed by atoms with van der Waals surface area (Å²) >= 11 is 7.10. The van der Waals surface area contributed by atoms with Crippen molar-refractivity contribution in [3.8, 4) is 5.75 Å². The summed E-state index contributed by atoms with van der Waals surface area (Å²) in [5, 5.41) is 10.5. The monoisotopic (exact) mass is 367 g/mol. The molecule has 1 fully saturated rings. The van der Waals surface area contributed by atoms with Crippen molar-refractivity contribution < 1.29 is 4.74 Å². The van der Waals surface area contributed by atoms with Crippen molar-refractivity contribution in [2.24, 2.45) is 5.10 Å². The zero-order chi connectivity index (χ0) is 16.9. The molecule has 126 valence electrons. The number of rotatable bonds is 1. The Morgan fingerprint density at radius 2 is 1.96 bits per heavy atom. The fourth-order valence-electron chi connectivity index (χ4n) is 3.76. The van der Waals surface area contributed by atoms with Crippen LogP contribution in [0.15, 0.2) is 59.7 Å². The molecule has 25 heavy (non-hydrogen) atoms. The van der Waals surface area contributed by atoms with Gasteiger partial charge >= 0.3 is 0 Å². The van der Waals surface area contributed by atoms with Gasteiger partial charge in [0.05, 0.1) is 11.8 Å². The highest BCUT2D eigenvalue weighted by Gasteiger charge is 2.52. The molecule has 0 aromatic heterocycles. The minimum atomic E-state index is -0.683. The molecular formula is C19H17N3OS2. The maximum atomic E-state index is 6.44. The number of hydrazone groups is 1. The number of nitrogens with zero attached hydrogens (tertiary/aromatic N) is 2. The first kappa shape index (κ1) is 15.2. The van der Waals surface area contributed by atoms with Crippen LogP contribution in [-0.2, 0) is 0 Å². The average molecular weight is 367 g/mol. The van der Waals surface area contributed by atoms with Gasteiger partial charge in [-0.1, -0.05) is 72.5 Å². The highest BCUT2D eigenvalue weighted by Crippen LogP contribution is 2.48. The van der Waals surface area contributed by atoms with E-state index < -0.39 is 5.85 Å². The third-order valence-corrected chi connectivity index (χ3v) is 6.14. The molecule has 6 heteroatoms. The van der Waals surface area contributed by atoms with Gasteiger partial charge in [0.25, 0.3) is 5.85 Å². The van der Waals surface area contributed by atoms with E-state index >= 15 is 0 Å². The number of nitrogens with one attached hydrogen (secondary N) is 1. The Hall–Kier alpha value is -2.05. The van der Waals surface area contributed by atoms with Crippen molar-refractivity contribution in [2.45, 2.75) is 24.7 Å². The number of thiocarbonyl (C=S) groups is 1. The molecule has 3 aliphatic rings. The quantitative estimate of drug-likeness (QED) is 0.774. The molecule has 5 rings (SSSR count). The van der Waals surface area contributed by atoms with E-state index in [0.717, 1.165) is 39.9 Å². The van der Waals surface area contributed by atoms with E-state index in [1.54, 1.807) is 11.8 Å². The molecule has 1 saturated heterocycles. The Morgan fingerprint density at radius 3 is 2.80 bits per heavy atom. The SMILES string of the molecule is S=C1N[C@]2(CCS1)Oc1ccccc1[C@@H]1CC(c3ccccc3)=NN12. The predicted octanol–water partition coefficient (Wildman–Crippen LogP) is 3.90. The molecule has 0 saturated carbocycles. The maximum Gasteiger partial charge on any atom is 0.278 e. The molecule has 3 heterocycles. The van der Waals surface area contributed by atoms with E-state index in [9.17, 15) is 0 Å². The third-order valence-electron chi connectivity index (χ3n) is 4.92. The normalized spacial score (nSPS) is 27.2. The number of ether oxygens (including phenoxy) is 1. The van der Waals surface area contributed by atoms with Gasteiger partial charge in [-0.05, 0) is 11.6 Å². The molecule has 4 nitrogen and oxygen atoms in total. The van der Waals surface area contributed by atoms with E-state index in [4.69, 9.17) is 22.1 Å². The standard InChI is InChI=1S/C19H17N3OS2/c24-18-20-19(10-11-25-18)22-16(14-8-4-5-9-17(14)23-19)12-15(21-22)13-6-2-1-3-7-13/h1-9,16H,10-12H2,(H,20,24)/t16-,19-/m0/s1. The van der Waals surface area contributed by atoms with Gasteiger partial charge in [-0.3, -0.25) is 0 Å². The van der Waals surface area contributed by atoms with Crippen LogP contribution >= 0.6 is 24.0 Å². The Balaban J connectivity index is 1.62. The van der Waals surface area contributed by atoms with Crippen LogP contribution in [-0.4, -0.2) is 26.6 Å². The lowest BCUT2D eigenvalue weighted by Gasteiger charge is -2.49. The molecule has 2 aromatic rings. The minimum Gasteiger partial charge on any atom is -0.448 e. The van der Waals surface area contributed by atoms with Crippen molar-refractivity contribution in [1.82, 2.24) is 10.3 Å². The van der Waals surface area contributed by atoms with Gasteiger partial charge in [0.1, 0.15) is 10.1 Å². The highest BCUT2D eigenvalue weighted by atomic mass is 32.2. The van der Waals surface area contributed by atoms with Gasteiger partial charge in [-0.25, -0.2) is 5.01 Å². The Bertz CT molecular complexity index is 870. The topological polar surface area (TPSA) is 36.9 Å². The number of thioether (sulfide) groups is 1. The van der Waals surface area contributed by atoms with Gasteiger partial charge in [0.2, 0.25) is 0 Å². The van der Waals surface area contributed by atoms with Crippen molar-refractivity contribution >= 4 is 34.0 Å². The summed E-state index contributed by atoms with van der Waals surface area (Å²) in [4.78, 5) is 0. The molecule has 2 atom stereocenters. The first-order valence-corrected chi connectivity index (χ1v) is 9.80. The first-order chi connectivity index (χ1) is 12.3. The highest BCUT2D eigenvalue weighted by molar-refractivity contribution is 8.23. The van der Waals surface area contributed by atoms with Crippen LogP contribution in [0.3, 0.4) is 0 Å². The second kappa shape index (κ2) is 5.75. The van der Waals surface area contributed by atoms with Crippen LogP contribution in [0.2, 0.25) is 0 Å². The van der Waals surface area contributed by atoms with Crippen molar-refractivity contribution in [3.05, 3.63) is 65.7 Å². The molecule has 0 unspecified atom stereocenters. The molecule has 1 spiro atoms. The summed E-state index contributed by atoms with van der Waals surface area (Å²) in [5.41, 5.74) is 3.45. The number of para-hydroxylation sites is 1. The summed E-state index contributed by atoms with van der Waals surface area (Å²) < 4.78 is 7.21. The summed E-state index contributed by atoms with van der Waals surface area (Å²) in [7, 11) is 0. The Kier molecular flexibility index (Phi) is 3.50. The summed E-state index contributed by atoms with van der Waals surface area (Å²) in [6, 6.07) is 18.8. The Morgan fingerprint density at radius 1 is 1.16 bits per heavy atom. The predicted molar refractivity (Wildman–Crippen MR) is 105 cm³/mol. The van der Waals surface area contributed by atoms with Gasteiger partial charge in [0.15, 0.2) is 0 Å². The number of fused-ring (bicyclic) bond motifs is 4. The van der Waals surface area contributed by atoms with Crippen LogP contribution in [0.25, 0.3) is 0 Å². The van der Waals surface area contributed by atoms with Gasteiger partial charge in [-0.15, -0.1) is 0 Å². The third kappa shape index (κ3) is 2.43. The van der Waals surface area contributed by atoms with Gasteiger partial charge < -0.3 is 10.1 Å². The van der Waals surface area contributed by atoms with E-state index in [1.807, 2.05) is 18.2 Å². The molecule has 0 aliphatic carbocycles. The van der Waals surface area contributed by atoms with Gasteiger partial charge in [0, 0.05) is 24.2 Å². The smallest absolute Gasteiger partial charge is 0.278 e. The molecule has 0 amide bonds. The zero-order valence-electron chi connectivity index (χ0n) is 13.5. The van der Waals surface area contributed by atoms with Crippen molar-refractivity contribution in [2.75, 3.05) is 5.75 Å². The maximum absolute atomic E-state index is 6.44. The largest absolute Gasteiger partial charge is 0.448 e. The van der Waals surface area contributed by atoms with Crippen LogP contribution in [0.5, 0.6) is 5.75 Å². The van der Waals surface area contributed by atoms with Crippen LogP contribution in [0.1, 0.15) is 30.0 Å². The second-order valence-electron chi connectivity index (χ2n) is 6.41.